The maximum absolute atomic E-state index is 13.2. The second-order valence-corrected chi connectivity index (χ2v) is 7.92. The monoisotopic (exact) mass is 428 g/mol. The first kappa shape index (κ1) is 26.2. The zero-order valence-corrected chi connectivity index (χ0v) is 19.6. The minimum absolute atomic E-state index is 0.0118. The number of hydrogen-bond acceptors (Lipinski definition) is 5. The van der Waals surface area contributed by atoms with Gasteiger partial charge in [0.25, 0.3) is 0 Å². The summed E-state index contributed by atoms with van der Waals surface area (Å²) in [6.07, 6.45) is 5.98. The van der Waals surface area contributed by atoms with Crippen molar-refractivity contribution in [2.75, 3.05) is 13.7 Å². The van der Waals surface area contributed by atoms with Crippen LogP contribution in [-0.4, -0.2) is 36.3 Å². The van der Waals surface area contributed by atoms with Crippen molar-refractivity contribution in [2.24, 2.45) is 0 Å². The van der Waals surface area contributed by atoms with Gasteiger partial charge in [-0.1, -0.05) is 44.2 Å². The van der Waals surface area contributed by atoms with Crippen LogP contribution in [-0.2, 0) is 27.3 Å². The summed E-state index contributed by atoms with van der Waals surface area (Å²) < 4.78 is 10.7. The third kappa shape index (κ3) is 9.22. The number of rotatable bonds is 10. The van der Waals surface area contributed by atoms with Crippen LogP contribution in [0, 0.1) is 0 Å². The van der Waals surface area contributed by atoms with Gasteiger partial charge in [-0.05, 0) is 45.5 Å². The van der Waals surface area contributed by atoms with E-state index in [2.05, 4.69) is 5.32 Å². The Labute approximate surface area is 186 Å². The maximum Gasteiger partial charge on any atom is 0.242 e. The summed E-state index contributed by atoms with van der Waals surface area (Å²) in [6.45, 7) is 10.5. The first-order chi connectivity index (χ1) is 14.8. The molecule has 1 aromatic carbocycles. The van der Waals surface area contributed by atoms with Gasteiger partial charge in [0.2, 0.25) is 5.91 Å². The van der Waals surface area contributed by atoms with Crippen LogP contribution in [0.4, 0.5) is 0 Å². The molecule has 1 N–H and O–H groups in total. The molecule has 1 heterocycles. The Hall–Kier alpha value is -2.86. The van der Waals surface area contributed by atoms with Crippen molar-refractivity contribution in [3.05, 3.63) is 71.9 Å². The number of aldehydes is 1. The predicted octanol–water partition coefficient (Wildman–Crippen LogP) is 4.67. The zero-order chi connectivity index (χ0) is 23.3. The van der Waals surface area contributed by atoms with E-state index in [9.17, 15) is 9.59 Å². The number of nitrogens with zero attached hydrogens (tertiary/aromatic N) is 1. The highest BCUT2D eigenvalue weighted by Crippen LogP contribution is 2.27. The minimum atomic E-state index is -0.507. The fraction of sp³-hybridized carbons (Fsp3) is 0.440. The lowest BCUT2D eigenvalue weighted by Crippen LogP contribution is -2.47. The molecule has 0 saturated carbocycles. The van der Waals surface area contributed by atoms with Crippen molar-refractivity contribution in [1.82, 2.24) is 10.2 Å². The average Bonchev–Trinajstić information content (AvgIpc) is 3.17. The number of hydrogen-bond donors (Lipinski definition) is 1. The third-order valence-corrected chi connectivity index (χ3v) is 4.20. The Kier molecular flexibility index (Phi) is 11.4. The summed E-state index contributed by atoms with van der Waals surface area (Å²) in [5.74, 6) is 0.602. The number of likely N-dealkylation sites (N-methyl/N-ethyl adjacent to an activating group) is 1. The largest absolute Gasteiger partial charge is 0.494 e. The van der Waals surface area contributed by atoms with Crippen LogP contribution < -0.4 is 5.32 Å². The molecule has 6 nitrogen and oxygen atoms in total. The molecule has 0 radical (unpaired) electrons. The first-order valence-corrected chi connectivity index (χ1v) is 10.6. The van der Waals surface area contributed by atoms with Crippen LogP contribution in [0.25, 0.3) is 0 Å². The van der Waals surface area contributed by atoms with Crippen molar-refractivity contribution in [2.45, 2.75) is 59.2 Å². The molecule has 1 atom stereocenters. The molecule has 2 rings (SSSR count). The van der Waals surface area contributed by atoms with Crippen LogP contribution in [0.1, 0.15) is 57.5 Å². The maximum atomic E-state index is 13.2. The molecule has 0 aliphatic rings. The molecule has 2 aromatic rings. The fourth-order valence-electron chi connectivity index (χ4n) is 3.06. The molecular formula is C25H36N2O4. The molecule has 0 saturated heterocycles. The van der Waals surface area contributed by atoms with Gasteiger partial charge in [0.1, 0.15) is 18.4 Å². The fourth-order valence-corrected chi connectivity index (χ4v) is 3.06. The molecule has 31 heavy (non-hydrogen) atoms. The Morgan fingerprint density at radius 3 is 2.48 bits per heavy atom. The number of ether oxygens (including phenoxy) is 1. The van der Waals surface area contributed by atoms with E-state index in [4.69, 9.17) is 9.15 Å². The second kappa shape index (κ2) is 13.4. The predicted molar refractivity (Wildman–Crippen MR) is 123 cm³/mol. The molecule has 0 fully saturated rings. The van der Waals surface area contributed by atoms with Crippen LogP contribution >= 0.6 is 0 Å². The van der Waals surface area contributed by atoms with Gasteiger partial charge in [-0.15, -0.1) is 0 Å². The van der Waals surface area contributed by atoms with Gasteiger partial charge in [0.05, 0.1) is 12.5 Å². The van der Waals surface area contributed by atoms with Crippen molar-refractivity contribution in [1.29, 1.82) is 0 Å². The van der Waals surface area contributed by atoms with E-state index >= 15 is 0 Å². The van der Waals surface area contributed by atoms with Gasteiger partial charge in [0.15, 0.2) is 6.29 Å². The summed E-state index contributed by atoms with van der Waals surface area (Å²) in [4.78, 5) is 25.5. The van der Waals surface area contributed by atoms with E-state index in [1.54, 1.807) is 12.3 Å². The zero-order valence-electron chi connectivity index (χ0n) is 19.6. The van der Waals surface area contributed by atoms with Crippen molar-refractivity contribution in [3.63, 3.8) is 0 Å². The van der Waals surface area contributed by atoms with Crippen LogP contribution in [0.15, 0.2) is 59.4 Å². The minimum Gasteiger partial charge on any atom is -0.494 e. The molecule has 170 valence electrons. The highest BCUT2D eigenvalue weighted by Gasteiger charge is 2.31. The van der Waals surface area contributed by atoms with Crippen LogP contribution in [0.5, 0.6) is 0 Å². The van der Waals surface area contributed by atoms with Crippen LogP contribution in [0.2, 0.25) is 0 Å². The summed E-state index contributed by atoms with van der Waals surface area (Å²) >= 11 is 0. The highest BCUT2D eigenvalue weighted by atomic mass is 16.5. The smallest absolute Gasteiger partial charge is 0.242 e. The summed E-state index contributed by atoms with van der Waals surface area (Å²) in [5, 5.41) is 3.08. The van der Waals surface area contributed by atoms with Crippen LogP contribution in [0.3, 0.4) is 0 Å². The van der Waals surface area contributed by atoms with E-state index in [0.29, 0.717) is 25.0 Å². The van der Waals surface area contributed by atoms with Gasteiger partial charge in [-0.25, -0.2) is 0 Å². The topological polar surface area (TPSA) is 71.8 Å². The summed E-state index contributed by atoms with van der Waals surface area (Å²) in [7, 11) is 1.93. The van der Waals surface area contributed by atoms with E-state index in [0.717, 1.165) is 11.1 Å². The Balaban J connectivity index is 0.00000233. The molecular weight excluding hydrogens is 392 g/mol. The number of carbonyl (C=O) groups excluding carboxylic acids is 2. The van der Waals surface area contributed by atoms with Gasteiger partial charge in [-0.2, -0.15) is 0 Å². The second-order valence-electron chi connectivity index (χ2n) is 7.92. The highest BCUT2D eigenvalue weighted by molar-refractivity contribution is 5.84. The lowest BCUT2D eigenvalue weighted by atomic mass is 10.0. The number of benzene rings is 1. The number of furan rings is 1. The van der Waals surface area contributed by atoms with Crippen molar-refractivity contribution >= 4 is 12.2 Å². The SMILES string of the molecule is CC.CN(Cc1ccccc1)C(C(=O)NC(C)(C)C)c1ccoc1C/C=C\OCC=O. The lowest BCUT2D eigenvalue weighted by Gasteiger charge is -2.31. The Morgan fingerprint density at radius 1 is 1.19 bits per heavy atom. The number of amides is 1. The van der Waals surface area contributed by atoms with Crippen molar-refractivity contribution in [3.8, 4) is 0 Å². The molecule has 1 aromatic heterocycles. The van der Waals surface area contributed by atoms with Gasteiger partial charge >= 0.3 is 0 Å². The molecule has 0 aliphatic carbocycles. The van der Waals surface area contributed by atoms with Crippen molar-refractivity contribution < 1.29 is 18.7 Å². The molecule has 0 bridgehead atoms. The molecule has 0 aliphatic heterocycles. The lowest BCUT2D eigenvalue weighted by molar-refractivity contribution is -0.128. The number of carbonyl (C=O) groups is 2. The van der Waals surface area contributed by atoms with Gasteiger partial charge in [0, 0.05) is 24.1 Å². The van der Waals surface area contributed by atoms with Gasteiger partial charge < -0.3 is 14.5 Å². The standard InChI is InChI=1S/C23H30N2O4.C2H6/c1-23(2,3)24-22(27)21(25(4)17-18-9-6-5-7-10-18)19-12-15-29-20(19)11-8-14-28-16-13-26;1-2/h5-10,12-15,21H,11,16-17H2,1-4H3,(H,24,27);1-2H3/b14-8-;. The first-order valence-electron chi connectivity index (χ1n) is 10.6. The van der Waals surface area contributed by atoms with E-state index in [1.807, 2.05) is 83.0 Å². The summed E-state index contributed by atoms with van der Waals surface area (Å²) in [5.41, 5.74) is 1.58. The van der Waals surface area contributed by atoms with E-state index in [-0.39, 0.29) is 18.1 Å². The molecule has 6 heteroatoms. The normalized spacial score (nSPS) is 12.2. The Morgan fingerprint density at radius 2 is 1.87 bits per heavy atom. The molecule has 1 unspecified atom stereocenters. The molecule has 1 amide bonds. The quantitative estimate of drug-likeness (QED) is 0.338. The molecule has 0 spiro atoms. The van der Waals surface area contributed by atoms with E-state index in [1.165, 1.54) is 6.26 Å². The third-order valence-electron chi connectivity index (χ3n) is 4.20. The number of allylic oxidation sites excluding steroid dienone is 1. The van der Waals surface area contributed by atoms with Gasteiger partial charge in [-0.3, -0.25) is 14.5 Å². The Bertz CT molecular complexity index is 806. The van der Waals surface area contributed by atoms with E-state index < -0.39 is 6.04 Å². The summed E-state index contributed by atoms with van der Waals surface area (Å²) in [6, 6.07) is 11.4. The average molecular weight is 429 g/mol. The number of nitrogens with one attached hydrogen (secondary N) is 1.